The zero-order chi connectivity index (χ0) is 16.4. The summed E-state index contributed by atoms with van der Waals surface area (Å²) in [5, 5.41) is 3.29. The van der Waals surface area contributed by atoms with Crippen molar-refractivity contribution in [3.05, 3.63) is 29.9 Å². The van der Waals surface area contributed by atoms with Crippen LogP contribution in [0.4, 0.5) is 0 Å². The molecule has 5 heteroatoms. The highest BCUT2D eigenvalue weighted by Gasteiger charge is 2.42. The number of hydrogen-bond donors (Lipinski definition) is 1. The first-order valence-corrected chi connectivity index (χ1v) is 8.68. The molecule has 126 valence electrons. The van der Waals surface area contributed by atoms with E-state index in [0.29, 0.717) is 18.5 Å². The summed E-state index contributed by atoms with van der Waals surface area (Å²) < 4.78 is 1.90. The lowest BCUT2D eigenvalue weighted by Gasteiger charge is -2.20. The van der Waals surface area contributed by atoms with Crippen LogP contribution in [0.2, 0.25) is 0 Å². The molecule has 0 unspecified atom stereocenters. The maximum absolute atomic E-state index is 12.4. The molecular formula is C18H28N4O. The summed E-state index contributed by atoms with van der Waals surface area (Å²) in [6.45, 7) is 9.68. The van der Waals surface area contributed by atoms with Crippen molar-refractivity contribution < 1.29 is 4.79 Å². The van der Waals surface area contributed by atoms with Gasteiger partial charge in [0.2, 0.25) is 5.91 Å². The third-order valence-electron chi connectivity index (χ3n) is 5.22. The zero-order valence-corrected chi connectivity index (χ0v) is 14.5. The fourth-order valence-corrected chi connectivity index (χ4v) is 3.62. The normalized spacial score (nSPS) is 25.8. The lowest BCUT2D eigenvalue weighted by molar-refractivity contribution is -0.122. The predicted molar refractivity (Wildman–Crippen MR) is 91.0 cm³/mol. The Morgan fingerprint density at radius 3 is 2.78 bits per heavy atom. The van der Waals surface area contributed by atoms with Crippen molar-refractivity contribution in [3.63, 3.8) is 0 Å². The van der Waals surface area contributed by atoms with Crippen molar-refractivity contribution in [2.24, 2.45) is 11.8 Å². The number of amides is 1. The lowest BCUT2D eigenvalue weighted by Crippen LogP contribution is -2.42. The van der Waals surface area contributed by atoms with Gasteiger partial charge in [0.25, 0.3) is 0 Å². The summed E-state index contributed by atoms with van der Waals surface area (Å²) in [5.74, 6) is 2.42. The van der Waals surface area contributed by atoms with Crippen LogP contribution in [0, 0.1) is 18.8 Å². The van der Waals surface area contributed by atoms with Crippen LogP contribution < -0.4 is 5.32 Å². The number of hydrogen-bond acceptors (Lipinski definition) is 3. The number of carbonyl (C=O) groups is 1. The van der Waals surface area contributed by atoms with Gasteiger partial charge in [0, 0.05) is 38.1 Å². The average Bonchev–Trinajstić information content (AvgIpc) is 3.18. The Kier molecular flexibility index (Phi) is 4.85. The second-order valence-corrected chi connectivity index (χ2v) is 7.11. The summed E-state index contributed by atoms with van der Waals surface area (Å²) in [5.41, 5.74) is 1.40. The number of imidazole rings is 1. The van der Waals surface area contributed by atoms with Crippen LogP contribution in [0.15, 0.2) is 24.0 Å². The number of nitrogens with one attached hydrogen (secondary N) is 1. The molecule has 1 saturated heterocycles. The standard InChI is InChI=1S/C18H28N4O/c1-4-13(2)9-21-10-16(15-5-6-15)17(11-21)20-18(23)12-22-8-7-19-14(22)3/h4,7-8,15-17H,5-6,9-12H2,1-3H3,(H,20,23)/t16-,17+/m1/s1. The maximum atomic E-state index is 12.4. The SMILES string of the molecule is CC=C(C)CN1C[C@H](NC(=O)Cn2ccnc2C)[C@@H](C2CC2)C1. The first-order chi connectivity index (χ1) is 11.1. The number of likely N-dealkylation sites (tertiary alicyclic amines) is 1. The lowest BCUT2D eigenvalue weighted by atomic mass is 9.98. The molecule has 5 nitrogen and oxygen atoms in total. The van der Waals surface area contributed by atoms with Gasteiger partial charge in [0.05, 0.1) is 0 Å². The van der Waals surface area contributed by atoms with Gasteiger partial charge in [-0.05, 0) is 45.4 Å². The minimum Gasteiger partial charge on any atom is -0.350 e. The van der Waals surface area contributed by atoms with Gasteiger partial charge in [-0.25, -0.2) is 4.98 Å². The molecule has 1 aromatic heterocycles. The van der Waals surface area contributed by atoms with Crippen molar-refractivity contribution in [1.82, 2.24) is 19.8 Å². The molecule has 23 heavy (non-hydrogen) atoms. The second kappa shape index (κ2) is 6.87. The van der Waals surface area contributed by atoms with Crippen molar-refractivity contribution in [2.45, 2.75) is 46.2 Å². The average molecular weight is 316 g/mol. The third kappa shape index (κ3) is 4.02. The Hall–Kier alpha value is -1.62. The van der Waals surface area contributed by atoms with Crippen LogP contribution in [0.1, 0.15) is 32.5 Å². The van der Waals surface area contributed by atoms with Crippen LogP contribution in [0.3, 0.4) is 0 Å². The quantitative estimate of drug-likeness (QED) is 0.817. The Balaban J connectivity index is 1.58. The summed E-state index contributed by atoms with van der Waals surface area (Å²) in [6, 6.07) is 0.295. The summed E-state index contributed by atoms with van der Waals surface area (Å²) >= 11 is 0. The van der Waals surface area contributed by atoms with Gasteiger partial charge < -0.3 is 9.88 Å². The van der Waals surface area contributed by atoms with Gasteiger partial charge in [0.1, 0.15) is 12.4 Å². The van der Waals surface area contributed by atoms with Crippen molar-refractivity contribution >= 4 is 5.91 Å². The fraction of sp³-hybridized carbons (Fsp3) is 0.667. The Morgan fingerprint density at radius 1 is 1.39 bits per heavy atom. The first-order valence-electron chi connectivity index (χ1n) is 8.68. The molecule has 0 aromatic carbocycles. The molecule has 3 rings (SSSR count). The molecule has 1 aliphatic carbocycles. The van der Waals surface area contributed by atoms with Gasteiger partial charge in [0.15, 0.2) is 0 Å². The number of rotatable bonds is 6. The molecule has 0 radical (unpaired) electrons. The fourth-order valence-electron chi connectivity index (χ4n) is 3.62. The van der Waals surface area contributed by atoms with E-state index >= 15 is 0 Å². The summed E-state index contributed by atoms with van der Waals surface area (Å²) in [4.78, 5) is 19.1. The molecule has 1 aliphatic heterocycles. The molecule has 2 fully saturated rings. The number of aryl methyl sites for hydroxylation is 1. The molecule has 2 heterocycles. The number of nitrogens with zero attached hydrogens (tertiary/aromatic N) is 3. The Bertz CT molecular complexity index is 588. The van der Waals surface area contributed by atoms with E-state index in [1.165, 1.54) is 18.4 Å². The molecule has 2 aliphatic rings. The summed E-state index contributed by atoms with van der Waals surface area (Å²) in [7, 11) is 0. The highest BCUT2D eigenvalue weighted by atomic mass is 16.2. The number of allylic oxidation sites excluding steroid dienone is 1. The number of carbonyl (C=O) groups excluding carboxylic acids is 1. The van der Waals surface area contributed by atoms with Crippen LogP contribution in [-0.4, -0.2) is 46.0 Å². The molecule has 1 saturated carbocycles. The summed E-state index contributed by atoms with van der Waals surface area (Å²) in [6.07, 6.45) is 8.44. The van der Waals surface area contributed by atoms with Crippen molar-refractivity contribution in [1.29, 1.82) is 0 Å². The van der Waals surface area contributed by atoms with Gasteiger partial charge in [-0.2, -0.15) is 0 Å². The van der Waals surface area contributed by atoms with Gasteiger partial charge in [-0.1, -0.05) is 11.6 Å². The van der Waals surface area contributed by atoms with Crippen LogP contribution in [0.25, 0.3) is 0 Å². The van der Waals surface area contributed by atoms with Crippen LogP contribution >= 0.6 is 0 Å². The van der Waals surface area contributed by atoms with E-state index in [-0.39, 0.29) is 5.91 Å². The highest BCUT2D eigenvalue weighted by Crippen LogP contribution is 2.41. The molecule has 0 spiro atoms. The zero-order valence-electron chi connectivity index (χ0n) is 14.5. The minimum absolute atomic E-state index is 0.103. The molecule has 1 aromatic rings. The van der Waals surface area contributed by atoms with E-state index in [2.05, 4.69) is 35.1 Å². The smallest absolute Gasteiger partial charge is 0.240 e. The van der Waals surface area contributed by atoms with Gasteiger partial charge in [-0.15, -0.1) is 0 Å². The Labute approximate surface area is 138 Å². The van der Waals surface area contributed by atoms with E-state index in [1.54, 1.807) is 6.20 Å². The minimum atomic E-state index is 0.103. The second-order valence-electron chi connectivity index (χ2n) is 7.11. The topological polar surface area (TPSA) is 50.2 Å². The number of aromatic nitrogens is 2. The molecule has 0 bridgehead atoms. The third-order valence-corrected chi connectivity index (χ3v) is 5.22. The molecule has 2 atom stereocenters. The van der Waals surface area contributed by atoms with E-state index < -0.39 is 0 Å². The van der Waals surface area contributed by atoms with Crippen LogP contribution in [0.5, 0.6) is 0 Å². The van der Waals surface area contributed by atoms with E-state index in [9.17, 15) is 4.79 Å². The highest BCUT2D eigenvalue weighted by molar-refractivity contribution is 5.76. The molecule has 1 N–H and O–H groups in total. The largest absolute Gasteiger partial charge is 0.350 e. The van der Waals surface area contributed by atoms with E-state index in [0.717, 1.165) is 31.4 Å². The van der Waals surface area contributed by atoms with Gasteiger partial charge >= 0.3 is 0 Å². The molecular weight excluding hydrogens is 288 g/mol. The monoisotopic (exact) mass is 316 g/mol. The van der Waals surface area contributed by atoms with Gasteiger partial charge in [-0.3, -0.25) is 9.69 Å². The predicted octanol–water partition coefficient (Wildman–Crippen LogP) is 1.98. The van der Waals surface area contributed by atoms with E-state index in [1.807, 2.05) is 17.7 Å². The maximum Gasteiger partial charge on any atom is 0.240 e. The van der Waals surface area contributed by atoms with Crippen LogP contribution in [-0.2, 0) is 11.3 Å². The molecule has 1 amide bonds. The van der Waals surface area contributed by atoms with Crippen molar-refractivity contribution in [3.8, 4) is 0 Å². The van der Waals surface area contributed by atoms with E-state index in [4.69, 9.17) is 0 Å². The first kappa shape index (κ1) is 16.2. The van der Waals surface area contributed by atoms with Crippen molar-refractivity contribution in [2.75, 3.05) is 19.6 Å². The Morgan fingerprint density at radius 2 is 2.17 bits per heavy atom.